The number of rotatable bonds is 6. The molecule has 1 amide bonds. The highest BCUT2D eigenvalue weighted by Crippen LogP contribution is 2.17. The van der Waals surface area contributed by atoms with Crippen LogP contribution in [0.3, 0.4) is 0 Å². The molecule has 1 heterocycles. The molecule has 3 nitrogen and oxygen atoms in total. The van der Waals surface area contributed by atoms with E-state index in [2.05, 4.69) is 24.1 Å². The summed E-state index contributed by atoms with van der Waals surface area (Å²) < 4.78 is 0. The lowest BCUT2D eigenvalue weighted by Crippen LogP contribution is -2.43. The van der Waals surface area contributed by atoms with Crippen LogP contribution in [0.1, 0.15) is 49.0 Å². The fourth-order valence-corrected chi connectivity index (χ4v) is 3.15. The number of likely N-dealkylation sites (tertiary alicyclic amines) is 1. The summed E-state index contributed by atoms with van der Waals surface area (Å²) in [6.07, 6.45) is 3.73. The van der Waals surface area contributed by atoms with Crippen molar-refractivity contribution in [1.29, 1.82) is 0 Å². The van der Waals surface area contributed by atoms with Crippen LogP contribution in [0.4, 0.5) is 0 Å². The highest BCUT2D eigenvalue weighted by molar-refractivity contribution is 5.95. The van der Waals surface area contributed by atoms with Gasteiger partial charge in [0.05, 0.1) is 0 Å². The highest BCUT2D eigenvalue weighted by Gasteiger charge is 2.23. The third-order valence-electron chi connectivity index (χ3n) is 4.29. The monoisotopic (exact) mass is 288 g/mol. The van der Waals surface area contributed by atoms with Crippen molar-refractivity contribution >= 4 is 5.91 Å². The van der Waals surface area contributed by atoms with Gasteiger partial charge in [0.15, 0.2) is 0 Å². The zero-order valence-electron chi connectivity index (χ0n) is 13.6. The molecule has 1 aliphatic rings. The summed E-state index contributed by atoms with van der Waals surface area (Å²) in [4.78, 5) is 14.9. The summed E-state index contributed by atoms with van der Waals surface area (Å²) >= 11 is 0. The smallest absolute Gasteiger partial charge is 0.251 e. The van der Waals surface area contributed by atoms with E-state index in [0.717, 1.165) is 24.1 Å². The number of nitrogens with one attached hydrogen (secondary N) is 1. The molecule has 0 radical (unpaired) electrons. The van der Waals surface area contributed by atoms with Gasteiger partial charge in [0, 0.05) is 18.2 Å². The molecule has 1 aromatic carbocycles. The molecule has 1 fully saturated rings. The Kier molecular flexibility index (Phi) is 5.80. The average molecular weight is 288 g/mol. The molecule has 0 saturated carbocycles. The normalized spacial score (nSPS) is 17.1. The average Bonchev–Trinajstić information content (AvgIpc) is 2.97. The fourth-order valence-electron chi connectivity index (χ4n) is 3.15. The molecule has 0 bridgehead atoms. The maximum atomic E-state index is 12.3. The van der Waals surface area contributed by atoms with Crippen molar-refractivity contribution in [3.63, 3.8) is 0 Å². The van der Waals surface area contributed by atoms with Gasteiger partial charge in [0.1, 0.15) is 0 Å². The number of carbonyl (C=O) groups excluding carboxylic acids is 1. The summed E-state index contributed by atoms with van der Waals surface area (Å²) in [6, 6.07) is 8.26. The zero-order chi connectivity index (χ0) is 15.2. The van der Waals surface area contributed by atoms with E-state index in [-0.39, 0.29) is 5.91 Å². The number of hydrogen-bond donors (Lipinski definition) is 1. The Morgan fingerprint density at radius 2 is 1.90 bits per heavy atom. The molecule has 1 unspecified atom stereocenters. The van der Waals surface area contributed by atoms with Gasteiger partial charge < -0.3 is 5.32 Å². The van der Waals surface area contributed by atoms with Crippen molar-refractivity contribution in [2.75, 3.05) is 19.6 Å². The van der Waals surface area contributed by atoms with E-state index in [4.69, 9.17) is 0 Å². The largest absolute Gasteiger partial charge is 0.350 e. The molecule has 0 aliphatic carbocycles. The van der Waals surface area contributed by atoms with Crippen molar-refractivity contribution in [1.82, 2.24) is 10.2 Å². The van der Waals surface area contributed by atoms with Crippen LogP contribution in [0.2, 0.25) is 0 Å². The Bertz CT molecular complexity index is 464. The molecule has 0 aromatic heterocycles. The van der Waals surface area contributed by atoms with Gasteiger partial charge in [-0.15, -0.1) is 0 Å². The van der Waals surface area contributed by atoms with Gasteiger partial charge >= 0.3 is 0 Å². The van der Waals surface area contributed by atoms with Crippen LogP contribution in [-0.2, 0) is 0 Å². The highest BCUT2D eigenvalue weighted by atomic mass is 16.1. The van der Waals surface area contributed by atoms with Crippen molar-refractivity contribution in [2.24, 2.45) is 5.92 Å². The number of hydrogen-bond acceptors (Lipinski definition) is 2. The first kappa shape index (κ1) is 16.0. The zero-order valence-corrected chi connectivity index (χ0v) is 13.6. The van der Waals surface area contributed by atoms with Crippen LogP contribution in [0, 0.1) is 12.8 Å². The van der Waals surface area contributed by atoms with Crippen molar-refractivity contribution < 1.29 is 4.79 Å². The minimum absolute atomic E-state index is 0.0565. The lowest BCUT2D eigenvalue weighted by molar-refractivity contribution is 0.0932. The van der Waals surface area contributed by atoms with Crippen molar-refractivity contribution in [3.05, 3.63) is 35.4 Å². The third-order valence-corrected chi connectivity index (χ3v) is 4.29. The molecule has 1 aromatic rings. The van der Waals surface area contributed by atoms with Crippen LogP contribution in [0.5, 0.6) is 0 Å². The van der Waals surface area contributed by atoms with Gasteiger partial charge in [-0.3, -0.25) is 9.69 Å². The first-order valence-electron chi connectivity index (χ1n) is 8.16. The second-order valence-electron chi connectivity index (χ2n) is 6.55. The Morgan fingerprint density at radius 3 is 2.52 bits per heavy atom. The summed E-state index contributed by atoms with van der Waals surface area (Å²) in [5, 5.41) is 3.14. The van der Waals surface area contributed by atoms with Crippen LogP contribution in [0.25, 0.3) is 0 Å². The minimum Gasteiger partial charge on any atom is -0.350 e. The topological polar surface area (TPSA) is 32.3 Å². The molecular weight excluding hydrogens is 260 g/mol. The van der Waals surface area contributed by atoms with Gasteiger partial charge in [-0.1, -0.05) is 32.0 Å². The maximum Gasteiger partial charge on any atom is 0.251 e. The predicted octanol–water partition coefficient (Wildman–Crippen LogP) is 3.24. The Balaban J connectivity index is 1.94. The van der Waals surface area contributed by atoms with Gasteiger partial charge in [-0.05, 0) is 56.8 Å². The molecule has 0 spiro atoms. The Hall–Kier alpha value is -1.35. The summed E-state index contributed by atoms with van der Waals surface area (Å²) in [5.41, 5.74) is 1.83. The van der Waals surface area contributed by atoms with E-state index in [0.29, 0.717) is 12.0 Å². The molecule has 21 heavy (non-hydrogen) atoms. The second-order valence-corrected chi connectivity index (χ2v) is 6.55. The fraction of sp³-hybridized carbons (Fsp3) is 0.611. The maximum absolute atomic E-state index is 12.3. The molecule has 3 heteroatoms. The summed E-state index contributed by atoms with van der Waals surface area (Å²) in [6.45, 7) is 9.61. The number of benzene rings is 1. The molecular formula is C18H28N2O. The van der Waals surface area contributed by atoms with Crippen LogP contribution in [-0.4, -0.2) is 36.5 Å². The molecule has 2 rings (SSSR count). The first-order valence-corrected chi connectivity index (χ1v) is 8.16. The lowest BCUT2D eigenvalue weighted by Gasteiger charge is -2.29. The molecule has 1 aliphatic heterocycles. The SMILES string of the molecule is Cc1ccccc1C(=O)NCC(CC(C)C)N1CCCC1. The predicted molar refractivity (Wildman–Crippen MR) is 87.6 cm³/mol. The number of nitrogens with zero attached hydrogens (tertiary/aromatic N) is 1. The minimum atomic E-state index is 0.0565. The van der Waals surface area contributed by atoms with Gasteiger partial charge in [0.2, 0.25) is 0 Å². The van der Waals surface area contributed by atoms with E-state index < -0.39 is 0 Å². The number of carbonyl (C=O) groups is 1. The summed E-state index contributed by atoms with van der Waals surface area (Å²) in [5.74, 6) is 0.715. The van der Waals surface area contributed by atoms with E-state index in [9.17, 15) is 4.79 Å². The van der Waals surface area contributed by atoms with Crippen LogP contribution >= 0.6 is 0 Å². The van der Waals surface area contributed by atoms with E-state index in [1.54, 1.807) is 0 Å². The quantitative estimate of drug-likeness (QED) is 0.871. The number of aryl methyl sites for hydroxylation is 1. The van der Waals surface area contributed by atoms with E-state index in [1.165, 1.54) is 25.9 Å². The molecule has 1 saturated heterocycles. The molecule has 1 atom stereocenters. The van der Waals surface area contributed by atoms with Crippen LogP contribution in [0.15, 0.2) is 24.3 Å². The third kappa shape index (κ3) is 4.57. The molecule has 1 N–H and O–H groups in total. The van der Waals surface area contributed by atoms with E-state index >= 15 is 0 Å². The second kappa shape index (κ2) is 7.60. The number of amides is 1. The van der Waals surface area contributed by atoms with Crippen molar-refractivity contribution in [3.8, 4) is 0 Å². The first-order chi connectivity index (χ1) is 10.1. The van der Waals surface area contributed by atoms with E-state index in [1.807, 2.05) is 31.2 Å². The van der Waals surface area contributed by atoms with Gasteiger partial charge in [0.25, 0.3) is 5.91 Å². The summed E-state index contributed by atoms with van der Waals surface area (Å²) in [7, 11) is 0. The standard InChI is InChI=1S/C18H28N2O/c1-14(2)12-16(20-10-6-7-11-20)13-19-18(21)17-9-5-4-8-15(17)3/h4-5,8-9,14,16H,6-7,10-13H2,1-3H3,(H,19,21). The molecule has 116 valence electrons. The Labute approximate surface area is 128 Å². The Morgan fingerprint density at radius 1 is 1.24 bits per heavy atom. The van der Waals surface area contributed by atoms with Gasteiger partial charge in [-0.2, -0.15) is 0 Å². The lowest BCUT2D eigenvalue weighted by atomic mass is 10.0. The van der Waals surface area contributed by atoms with Crippen LogP contribution < -0.4 is 5.32 Å². The van der Waals surface area contributed by atoms with Crippen molar-refractivity contribution in [2.45, 2.75) is 46.1 Å². The van der Waals surface area contributed by atoms with Gasteiger partial charge in [-0.25, -0.2) is 0 Å².